The maximum absolute atomic E-state index is 5.75. The molecule has 6 nitrogen and oxygen atoms in total. The summed E-state index contributed by atoms with van der Waals surface area (Å²) in [5, 5.41) is 4.06. The van der Waals surface area contributed by atoms with Crippen LogP contribution in [0.5, 0.6) is 0 Å². The van der Waals surface area contributed by atoms with E-state index < -0.39 is 0 Å². The van der Waals surface area contributed by atoms with Gasteiger partial charge >= 0.3 is 0 Å². The highest BCUT2D eigenvalue weighted by atomic mass is 32.2. The Hall–Kier alpha value is -1.58. The van der Waals surface area contributed by atoms with Gasteiger partial charge in [0.25, 0.3) is 0 Å². The van der Waals surface area contributed by atoms with E-state index in [1.54, 1.807) is 34.9 Å². The second-order valence-electron chi connectivity index (χ2n) is 6.27. The van der Waals surface area contributed by atoms with Crippen LogP contribution in [-0.4, -0.2) is 43.4 Å². The largest absolute Gasteiger partial charge is 0.379 e. The first-order chi connectivity index (χ1) is 13.1. The van der Waals surface area contributed by atoms with Crippen molar-refractivity contribution in [3.05, 3.63) is 46.7 Å². The van der Waals surface area contributed by atoms with Crippen molar-refractivity contribution in [1.29, 1.82) is 0 Å². The topological polar surface area (TPSA) is 103 Å². The van der Waals surface area contributed by atoms with Gasteiger partial charge in [0.05, 0.1) is 23.3 Å². The minimum atomic E-state index is 0.336. The molecule has 2 aromatic heterocycles. The summed E-state index contributed by atoms with van der Waals surface area (Å²) in [6, 6.07) is 4.77. The SMILES string of the molecule is CCC1SC(N)=NC1Cc1ccncc1.NC1=NC(Cc2cscn2)CS1. The zero-order chi connectivity index (χ0) is 19.1. The Kier molecular flexibility index (Phi) is 7.54. The summed E-state index contributed by atoms with van der Waals surface area (Å²) < 4.78 is 0. The summed E-state index contributed by atoms with van der Waals surface area (Å²) in [6.07, 6.45) is 6.66. The minimum absolute atomic E-state index is 0.336. The number of pyridine rings is 1. The second kappa shape index (κ2) is 10.1. The lowest BCUT2D eigenvalue weighted by molar-refractivity contribution is 0.630. The van der Waals surface area contributed by atoms with Crippen molar-refractivity contribution in [3.8, 4) is 0 Å². The van der Waals surface area contributed by atoms with Crippen molar-refractivity contribution in [3.63, 3.8) is 0 Å². The molecule has 0 spiro atoms. The Bertz CT molecular complexity index is 763. The maximum Gasteiger partial charge on any atom is 0.154 e. The number of thioether (sulfide) groups is 2. The van der Waals surface area contributed by atoms with Gasteiger partial charge in [0.2, 0.25) is 0 Å². The van der Waals surface area contributed by atoms with E-state index in [1.165, 1.54) is 5.56 Å². The van der Waals surface area contributed by atoms with Gasteiger partial charge in [-0.1, -0.05) is 30.4 Å². The molecule has 0 aliphatic carbocycles. The van der Waals surface area contributed by atoms with Gasteiger partial charge in [-0.2, -0.15) is 0 Å². The third kappa shape index (κ3) is 6.22. The highest BCUT2D eigenvalue weighted by Gasteiger charge is 2.27. The van der Waals surface area contributed by atoms with E-state index in [-0.39, 0.29) is 0 Å². The van der Waals surface area contributed by atoms with E-state index in [4.69, 9.17) is 11.5 Å². The normalized spacial score (nSPS) is 24.1. The smallest absolute Gasteiger partial charge is 0.154 e. The van der Waals surface area contributed by atoms with Crippen molar-refractivity contribution in [2.24, 2.45) is 21.5 Å². The Morgan fingerprint density at radius 3 is 2.56 bits per heavy atom. The number of aliphatic imine (C=N–C) groups is 2. The Labute approximate surface area is 172 Å². The number of aromatic nitrogens is 2. The average molecular weight is 421 g/mol. The molecule has 9 heteroatoms. The lowest BCUT2D eigenvalue weighted by atomic mass is 10.0. The molecular formula is C18H24N6S3. The number of nitrogens with zero attached hydrogens (tertiary/aromatic N) is 4. The fourth-order valence-corrected chi connectivity index (χ4v) is 5.26. The molecule has 2 aliphatic heterocycles. The Morgan fingerprint density at radius 2 is 1.93 bits per heavy atom. The number of nitrogens with two attached hydrogens (primary N) is 2. The van der Waals surface area contributed by atoms with Crippen LogP contribution >= 0.6 is 34.9 Å². The van der Waals surface area contributed by atoms with Gasteiger partial charge in [0.15, 0.2) is 10.3 Å². The molecule has 2 aliphatic rings. The molecular weight excluding hydrogens is 396 g/mol. The van der Waals surface area contributed by atoms with E-state index in [9.17, 15) is 0 Å². The summed E-state index contributed by atoms with van der Waals surface area (Å²) in [5.74, 6) is 1.00. The standard InChI is InChI=1S/C11H15N3S.C7H9N3S2/c1-2-10-9(14-11(12)15-10)7-8-3-5-13-6-4-8;8-7-10-6(3-12-7)1-5-2-11-4-9-5/h3-6,9-10H,2,7H2,1H3,(H2,12,14);2,4,6H,1,3H2,(H2,8,10). The van der Waals surface area contributed by atoms with Crippen LogP contribution in [-0.2, 0) is 12.8 Å². The number of rotatable bonds is 5. The van der Waals surface area contributed by atoms with E-state index in [0.717, 1.165) is 41.0 Å². The molecule has 4 heterocycles. The van der Waals surface area contributed by atoms with Crippen LogP contribution in [0.1, 0.15) is 24.6 Å². The highest BCUT2D eigenvalue weighted by Crippen LogP contribution is 2.29. The maximum atomic E-state index is 5.75. The lowest BCUT2D eigenvalue weighted by Gasteiger charge is -2.14. The summed E-state index contributed by atoms with van der Waals surface area (Å²) in [6.45, 7) is 2.19. The van der Waals surface area contributed by atoms with Crippen molar-refractivity contribution >= 4 is 45.2 Å². The van der Waals surface area contributed by atoms with Crippen LogP contribution in [0.15, 0.2) is 45.4 Å². The molecule has 0 saturated heterocycles. The van der Waals surface area contributed by atoms with Crippen molar-refractivity contribution < 1.29 is 0 Å². The lowest BCUT2D eigenvalue weighted by Crippen LogP contribution is -2.19. The van der Waals surface area contributed by atoms with Crippen molar-refractivity contribution in [1.82, 2.24) is 9.97 Å². The van der Waals surface area contributed by atoms with Crippen LogP contribution in [0.25, 0.3) is 0 Å². The first-order valence-corrected chi connectivity index (χ1v) is 11.7. The third-order valence-electron chi connectivity index (χ3n) is 4.25. The van der Waals surface area contributed by atoms with Crippen molar-refractivity contribution in [2.45, 2.75) is 43.5 Å². The first kappa shape index (κ1) is 20.2. The number of hydrogen-bond donors (Lipinski definition) is 2. The molecule has 0 aromatic carbocycles. The molecule has 3 atom stereocenters. The second-order valence-corrected chi connectivity index (χ2v) is 9.29. The van der Waals surface area contributed by atoms with Crippen LogP contribution in [0.4, 0.5) is 0 Å². The van der Waals surface area contributed by atoms with Gasteiger partial charge in [-0.3, -0.25) is 15.0 Å². The molecule has 0 amide bonds. The van der Waals surface area contributed by atoms with Gasteiger partial charge in [-0.25, -0.2) is 4.98 Å². The fourth-order valence-electron chi connectivity index (χ4n) is 2.92. The van der Waals surface area contributed by atoms with Gasteiger partial charge in [-0.15, -0.1) is 11.3 Å². The molecule has 27 heavy (non-hydrogen) atoms. The molecule has 2 aromatic rings. The van der Waals surface area contributed by atoms with E-state index in [0.29, 0.717) is 17.3 Å². The zero-order valence-corrected chi connectivity index (χ0v) is 17.6. The van der Waals surface area contributed by atoms with Crippen LogP contribution < -0.4 is 11.5 Å². The number of amidine groups is 2. The summed E-state index contributed by atoms with van der Waals surface area (Å²) in [5.41, 5.74) is 15.6. The number of hydrogen-bond acceptors (Lipinski definition) is 9. The average Bonchev–Trinajstić information content (AvgIpc) is 3.39. The third-order valence-corrected chi connectivity index (χ3v) is 7.14. The predicted octanol–water partition coefficient (Wildman–Crippen LogP) is 2.95. The Balaban J connectivity index is 0.000000159. The molecule has 0 fully saturated rings. The zero-order valence-electron chi connectivity index (χ0n) is 15.2. The van der Waals surface area contributed by atoms with Gasteiger partial charge in [0, 0.05) is 35.2 Å². The van der Waals surface area contributed by atoms with E-state index in [1.807, 2.05) is 30.0 Å². The first-order valence-electron chi connectivity index (χ1n) is 8.86. The molecule has 0 saturated carbocycles. The summed E-state index contributed by atoms with van der Waals surface area (Å²) in [7, 11) is 0. The fraction of sp³-hybridized carbons (Fsp3) is 0.444. The minimum Gasteiger partial charge on any atom is -0.379 e. The molecule has 3 unspecified atom stereocenters. The monoisotopic (exact) mass is 420 g/mol. The van der Waals surface area contributed by atoms with Crippen LogP contribution in [0, 0.1) is 0 Å². The molecule has 144 valence electrons. The Morgan fingerprint density at radius 1 is 1.11 bits per heavy atom. The highest BCUT2D eigenvalue weighted by molar-refractivity contribution is 8.14. The van der Waals surface area contributed by atoms with Gasteiger partial charge in [-0.05, 0) is 30.5 Å². The summed E-state index contributed by atoms with van der Waals surface area (Å²) in [4.78, 5) is 17.0. The van der Waals surface area contributed by atoms with Crippen molar-refractivity contribution in [2.75, 3.05) is 5.75 Å². The predicted molar refractivity (Wildman–Crippen MR) is 119 cm³/mol. The van der Waals surface area contributed by atoms with E-state index in [2.05, 4.69) is 32.3 Å². The molecule has 4 rings (SSSR count). The molecule has 4 N–H and O–H groups in total. The van der Waals surface area contributed by atoms with E-state index >= 15 is 0 Å². The number of thiazole rings is 1. The molecule has 0 radical (unpaired) electrons. The van der Waals surface area contributed by atoms with Gasteiger partial charge in [0.1, 0.15) is 0 Å². The van der Waals surface area contributed by atoms with Crippen LogP contribution in [0.2, 0.25) is 0 Å². The quantitative estimate of drug-likeness (QED) is 0.771. The molecule has 0 bridgehead atoms. The summed E-state index contributed by atoms with van der Waals surface area (Å²) >= 11 is 4.96. The van der Waals surface area contributed by atoms with Crippen LogP contribution in [0.3, 0.4) is 0 Å². The van der Waals surface area contributed by atoms with Gasteiger partial charge < -0.3 is 11.5 Å².